The van der Waals surface area contributed by atoms with E-state index in [1.54, 1.807) is 19.3 Å². The maximum atomic E-state index is 13.3. The third-order valence-corrected chi connectivity index (χ3v) is 8.64. The van der Waals surface area contributed by atoms with Crippen LogP contribution in [0.5, 0.6) is 0 Å². The number of hydrogen-bond acceptors (Lipinski definition) is 2. The molecular weight excluding hydrogens is 460 g/mol. The molecule has 4 rings (SSSR count). The normalized spacial score (nSPS) is 11.6. The van der Waals surface area contributed by atoms with Gasteiger partial charge in [-0.3, -0.25) is 0 Å². The van der Waals surface area contributed by atoms with Crippen molar-refractivity contribution in [3.63, 3.8) is 0 Å². The van der Waals surface area contributed by atoms with Crippen LogP contribution in [0.3, 0.4) is 0 Å². The summed E-state index contributed by atoms with van der Waals surface area (Å²) in [4.78, 5) is 24.6. The van der Waals surface area contributed by atoms with Gasteiger partial charge in [0.25, 0.3) is 0 Å². The molecule has 0 radical (unpaired) electrons. The van der Waals surface area contributed by atoms with E-state index in [1.807, 2.05) is 0 Å². The Bertz CT molecular complexity index is 1110. The van der Waals surface area contributed by atoms with Crippen molar-refractivity contribution in [3.8, 4) is 0 Å². The second-order valence-electron chi connectivity index (χ2n) is 5.63. The van der Waals surface area contributed by atoms with E-state index in [0.29, 0.717) is 30.3 Å². The number of halogens is 2. The van der Waals surface area contributed by atoms with Crippen molar-refractivity contribution in [2.75, 3.05) is 0 Å². The van der Waals surface area contributed by atoms with Crippen LogP contribution >= 0.6 is 0 Å². The van der Waals surface area contributed by atoms with E-state index >= 15 is 0 Å². The Hall–Kier alpha value is -1.72. The van der Waals surface area contributed by atoms with E-state index in [-0.39, 0.29) is 40.6 Å². The average molecular weight is 472 g/mol. The molecule has 0 saturated heterocycles. The van der Waals surface area contributed by atoms with Crippen LogP contribution in [-0.4, -0.2) is 36.6 Å². The molecule has 8 heteroatoms. The van der Waals surface area contributed by atoms with Gasteiger partial charge in [-0.15, -0.1) is 0 Å². The van der Waals surface area contributed by atoms with Gasteiger partial charge in [0.15, 0.2) is 0 Å². The van der Waals surface area contributed by atoms with Crippen molar-refractivity contribution in [1.29, 1.82) is 0 Å². The van der Waals surface area contributed by atoms with E-state index in [2.05, 4.69) is 0 Å². The first-order valence-electron chi connectivity index (χ1n) is 7.62. The van der Waals surface area contributed by atoms with Crippen LogP contribution in [0.15, 0.2) is 46.0 Å². The molecule has 0 spiro atoms. The van der Waals surface area contributed by atoms with Crippen LogP contribution in [0, 0.1) is 11.6 Å². The summed E-state index contributed by atoms with van der Waals surface area (Å²) in [5.41, 5.74) is -0.281. The number of benzene rings is 2. The van der Waals surface area contributed by atoms with E-state index < -0.39 is 11.6 Å². The van der Waals surface area contributed by atoms with Crippen molar-refractivity contribution in [3.05, 3.63) is 68.7 Å². The zero-order valence-corrected chi connectivity index (χ0v) is 16.3. The monoisotopic (exact) mass is 474 g/mol. The molecule has 0 N–H and O–H groups in total. The van der Waals surface area contributed by atoms with Gasteiger partial charge < -0.3 is 0 Å². The molecule has 2 aromatic carbocycles. The standard InChI is InChI=1S/C17H12F2N2O2Se2/c18-10-2-4-14-12(8-10)16(22)20(24-14)6-1-7-21-17(23)13-9-11(19)3-5-15(13)25-21/h2-5,8-9H,1,6-7H2. The van der Waals surface area contributed by atoms with Crippen molar-refractivity contribution in [2.24, 2.45) is 0 Å². The summed E-state index contributed by atoms with van der Waals surface area (Å²) in [7, 11) is 0. The fraction of sp³-hybridized carbons (Fsp3) is 0.176. The Kier molecular flexibility index (Phi) is 4.38. The van der Waals surface area contributed by atoms with Crippen LogP contribution < -0.4 is 11.1 Å². The molecule has 0 saturated carbocycles. The van der Waals surface area contributed by atoms with E-state index in [1.165, 1.54) is 24.3 Å². The first-order chi connectivity index (χ1) is 12.0. The van der Waals surface area contributed by atoms with Crippen LogP contribution in [0.2, 0.25) is 0 Å². The van der Waals surface area contributed by atoms with Gasteiger partial charge in [-0.25, -0.2) is 0 Å². The molecule has 0 fully saturated rings. The molecule has 25 heavy (non-hydrogen) atoms. The molecule has 0 aliphatic carbocycles. The van der Waals surface area contributed by atoms with Gasteiger partial charge >= 0.3 is 153 Å². The predicted octanol–water partition coefficient (Wildman–Crippen LogP) is 1.80. The second kappa shape index (κ2) is 6.54. The predicted molar refractivity (Wildman–Crippen MR) is 94.8 cm³/mol. The number of rotatable bonds is 4. The Balaban J connectivity index is 1.55. The molecular formula is C17H12F2N2O2Se2. The van der Waals surface area contributed by atoms with Gasteiger partial charge in [0.1, 0.15) is 0 Å². The van der Waals surface area contributed by atoms with Crippen molar-refractivity contribution in [2.45, 2.75) is 19.5 Å². The fourth-order valence-electron chi connectivity index (χ4n) is 2.74. The first-order valence-corrected chi connectivity index (χ1v) is 10.9. The molecule has 4 nitrogen and oxygen atoms in total. The van der Waals surface area contributed by atoms with E-state index in [4.69, 9.17) is 0 Å². The molecule has 0 aliphatic rings. The van der Waals surface area contributed by atoms with Crippen LogP contribution in [0.25, 0.3) is 19.3 Å². The summed E-state index contributed by atoms with van der Waals surface area (Å²) >= 11 is -0.293. The van der Waals surface area contributed by atoms with Gasteiger partial charge in [-0.2, -0.15) is 0 Å². The van der Waals surface area contributed by atoms with Crippen LogP contribution in [0.1, 0.15) is 6.42 Å². The molecule has 0 bridgehead atoms. The second-order valence-corrected chi connectivity index (χ2v) is 10.1. The maximum absolute atomic E-state index is 13.3. The fourth-order valence-corrected chi connectivity index (χ4v) is 6.99. The number of nitrogens with zero attached hydrogens (tertiary/aromatic N) is 2. The van der Waals surface area contributed by atoms with Crippen LogP contribution in [0.4, 0.5) is 8.78 Å². The minimum absolute atomic E-state index is 0.141. The molecule has 0 amide bonds. The third-order valence-electron chi connectivity index (χ3n) is 3.94. The summed E-state index contributed by atoms with van der Waals surface area (Å²) in [5, 5.41) is 0.897. The van der Waals surface area contributed by atoms with Gasteiger partial charge in [-0.1, -0.05) is 0 Å². The zero-order chi connectivity index (χ0) is 17.6. The van der Waals surface area contributed by atoms with Crippen molar-refractivity contribution in [1.82, 2.24) is 7.12 Å². The summed E-state index contributed by atoms with van der Waals surface area (Å²) in [6, 6.07) is 8.66. The van der Waals surface area contributed by atoms with Gasteiger partial charge in [0, 0.05) is 0 Å². The molecule has 0 atom stereocenters. The zero-order valence-electron chi connectivity index (χ0n) is 12.9. The van der Waals surface area contributed by atoms with Gasteiger partial charge in [-0.05, 0) is 0 Å². The average Bonchev–Trinajstić information content (AvgIpc) is 3.06. The minimum atomic E-state index is -0.403. The van der Waals surface area contributed by atoms with Crippen molar-refractivity contribution < 1.29 is 8.78 Å². The third kappa shape index (κ3) is 3.11. The van der Waals surface area contributed by atoms with E-state index in [0.717, 1.165) is 8.52 Å². The van der Waals surface area contributed by atoms with E-state index in [9.17, 15) is 18.4 Å². The quantitative estimate of drug-likeness (QED) is 0.426. The number of fused-ring (bicyclic) bond motifs is 2. The first kappa shape index (κ1) is 16.7. The van der Waals surface area contributed by atoms with Crippen LogP contribution in [-0.2, 0) is 13.1 Å². The number of aryl methyl sites for hydroxylation is 2. The Morgan fingerprint density at radius 2 is 1.20 bits per heavy atom. The molecule has 0 unspecified atom stereocenters. The number of aromatic nitrogens is 2. The Labute approximate surface area is 152 Å². The summed E-state index contributed by atoms with van der Waals surface area (Å²) < 4.78 is 31.8. The molecule has 128 valence electrons. The molecule has 4 aromatic rings. The van der Waals surface area contributed by atoms with Gasteiger partial charge in [0.05, 0.1) is 0 Å². The van der Waals surface area contributed by atoms with Gasteiger partial charge in [0.2, 0.25) is 0 Å². The Morgan fingerprint density at radius 3 is 1.64 bits per heavy atom. The Morgan fingerprint density at radius 1 is 0.760 bits per heavy atom. The molecule has 2 aromatic heterocycles. The summed E-state index contributed by atoms with van der Waals surface area (Å²) in [5.74, 6) is -0.805. The number of hydrogen-bond donors (Lipinski definition) is 0. The SMILES string of the molecule is O=c1c2cc(F)ccc2[se]n1CCCn1[se]c2ccc(F)cc2c1=O. The summed E-state index contributed by atoms with van der Waals surface area (Å²) in [6.07, 6.45) is 0.647. The topological polar surface area (TPSA) is 44.0 Å². The summed E-state index contributed by atoms with van der Waals surface area (Å²) in [6.45, 7) is 1.05. The molecule has 2 heterocycles. The van der Waals surface area contributed by atoms with Crippen molar-refractivity contribution >= 4 is 48.8 Å². The molecule has 0 aliphatic heterocycles.